The van der Waals surface area contributed by atoms with Gasteiger partial charge in [-0.1, -0.05) is 25.0 Å². The number of aryl methyl sites for hydroxylation is 1. The number of fused-ring (bicyclic) bond motifs is 2. The number of pyridine rings is 1. The summed E-state index contributed by atoms with van der Waals surface area (Å²) in [7, 11) is 3.83. The largest absolute Gasteiger partial charge is 0.378 e. The summed E-state index contributed by atoms with van der Waals surface area (Å²) < 4.78 is 2.05. The molecule has 4 fully saturated rings. The van der Waals surface area contributed by atoms with E-state index in [0.717, 1.165) is 56.1 Å². The number of rotatable bonds is 10. The Morgan fingerprint density at radius 3 is 2.16 bits per heavy atom. The molecular weight excluding hydrogens is 552 g/mol. The van der Waals surface area contributed by atoms with Gasteiger partial charge in [0.1, 0.15) is 5.56 Å². The molecule has 44 heavy (non-hydrogen) atoms. The number of imide groups is 1. The Labute approximate surface area is 258 Å². The van der Waals surface area contributed by atoms with Gasteiger partial charge in [-0.15, -0.1) is 0 Å². The van der Waals surface area contributed by atoms with Gasteiger partial charge in [-0.05, 0) is 99.5 Å². The van der Waals surface area contributed by atoms with Crippen molar-refractivity contribution >= 4 is 34.3 Å². The number of hydrogen-bond acceptors (Lipinski definition) is 5. The van der Waals surface area contributed by atoms with E-state index in [2.05, 4.69) is 9.88 Å². The summed E-state index contributed by atoms with van der Waals surface area (Å²) in [5, 5.41) is 3.97. The Morgan fingerprint density at radius 2 is 1.48 bits per heavy atom. The number of aromatic nitrogens is 1. The van der Waals surface area contributed by atoms with Crippen molar-refractivity contribution in [2.45, 2.75) is 76.3 Å². The summed E-state index contributed by atoms with van der Waals surface area (Å²) in [5.74, 6) is 1.48. The number of para-hydroxylation sites is 1. The second-order valence-electron chi connectivity index (χ2n) is 14.0. The number of carbonyl (C=O) groups excluding carboxylic acids is 3. The van der Waals surface area contributed by atoms with E-state index >= 15 is 0 Å². The fraction of sp³-hybridized carbons (Fsp3) is 0.500. The first kappa shape index (κ1) is 28.8. The Morgan fingerprint density at radius 1 is 0.841 bits per heavy atom. The molecule has 2 heterocycles. The number of carbonyl (C=O) groups is 3. The SMILES string of the molecule is CN(C)c1ccc2c(c1)C(=O)N(CCCCCCn1cc(C(=O)NC34CC5CC(CC(C5)C3)C4)c(=O)c3ccccc31)C2=O. The third-order valence-corrected chi connectivity index (χ3v) is 10.7. The van der Waals surface area contributed by atoms with Crippen molar-refractivity contribution in [1.29, 1.82) is 0 Å². The van der Waals surface area contributed by atoms with Gasteiger partial charge in [0, 0.05) is 50.0 Å². The molecule has 8 heteroatoms. The van der Waals surface area contributed by atoms with Crippen LogP contribution in [0.4, 0.5) is 5.69 Å². The van der Waals surface area contributed by atoms with E-state index in [1.165, 1.54) is 24.2 Å². The number of amides is 3. The van der Waals surface area contributed by atoms with E-state index in [1.807, 2.05) is 49.3 Å². The van der Waals surface area contributed by atoms with Gasteiger partial charge in [0.25, 0.3) is 17.7 Å². The summed E-state index contributed by atoms with van der Waals surface area (Å²) >= 11 is 0. The zero-order valence-corrected chi connectivity index (χ0v) is 25.8. The maximum absolute atomic E-state index is 13.7. The van der Waals surface area contributed by atoms with Crippen LogP contribution < -0.4 is 15.6 Å². The minimum atomic E-state index is -0.227. The van der Waals surface area contributed by atoms with E-state index < -0.39 is 0 Å². The third-order valence-electron chi connectivity index (χ3n) is 10.7. The molecule has 230 valence electrons. The van der Waals surface area contributed by atoms with Gasteiger partial charge in [-0.3, -0.25) is 24.1 Å². The van der Waals surface area contributed by atoms with Crippen LogP contribution in [0.1, 0.15) is 95.3 Å². The molecule has 0 radical (unpaired) electrons. The molecule has 3 amide bonds. The van der Waals surface area contributed by atoms with Crippen LogP contribution in [0, 0.1) is 17.8 Å². The first-order valence-electron chi connectivity index (χ1n) is 16.3. The van der Waals surface area contributed by atoms with Crippen molar-refractivity contribution in [3.8, 4) is 0 Å². The van der Waals surface area contributed by atoms with Crippen molar-refractivity contribution in [1.82, 2.24) is 14.8 Å². The number of hydrogen-bond donors (Lipinski definition) is 1. The van der Waals surface area contributed by atoms with Crippen LogP contribution in [0.3, 0.4) is 0 Å². The van der Waals surface area contributed by atoms with Gasteiger partial charge in [0.05, 0.1) is 16.6 Å². The number of nitrogens with one attached hydrogen (secondary N) is 1. The lowest BCUT2D eigenvalue weighted by Crippen LogP contribution is -2.60. The maximum atomic E-state index is 13.7. The molecule has 0 unspecified atom stereocenters. The lowest BCUT2D eigenvalue weighted by Gasteiger charge is -2.56. The average molecular weight is 595 g/mol. The highest BCUT2D eigenvalue weighted by Gasteiger charge is 2.51. The molecule has 0 spiro atoms. The van der Waals surface area contributed by atoms with Crippen LogP contribution in [0.25, 0.3) is 10.9 Å². The minimum absolute atomic E-state index is 0.150. The molecule has 1 aliphatic heterocycles. The molecule has 8 rings (SSSR count). The second kappa shape index (κ2) is 11.2. The molecule has 4 bridgehead atoms. The minimum Gasteiger partial charge on any atom is -0.378 e. The summed E-state index contributed by atoms with van der Waals surface area (Å²) in [4.78, 5) is 56.3. The maximum Gasteiger partial charge on any atom is 0.261 e. The summed E-state index contributed by atoms with van der Waals surface area (Å²) in [5.41, 5.74) is 2.59. The van der Waals surface area contributed by atoms with Crippen molar-refractivity contribution in [3.63, 3.8) is 0 Å². The highest BCUT2D eigenvalue weighted by atomic mass is 16.2. The standard InChI is InChI=1S/C36H42N4O4/c1-38(2)26-11-12-27-29(18-26)35(44)40(34(27)43)14-8-4-3-7-13-39-22-30(32(41)28-9-5-6-10-31(28)39)33(42)37-36-19-23-15-24(20-36)17-25(16-23)21-36/h5-6,9-12,18,22-25H,3-4,7-8,13-17,19-21H2,1-2H3,(H,37,42). The normalized spacial score (nSPS) is 25.1. The van der Waals surface area contributed by atoms with Crippen LogP contribution >= 0.6 is 0 Å². The molecule has 4 aliphatic carbocycles. The van der Waals surface area contributed by atoms with Crippen LogP contribution in [-0.4, -0.2) is 53.4 Å². The molecule has 8 nitrogen and oxygen atoms in total. The summed E-state index contributed by atoms with van der Waals surface area (Å²) in [6, 6.07) is 13.0. The van der Waals surface area contributed by atoms with Crippen molar-refractivity contribution in [2.75, 3.05) is 25.5 Å². The zero-order chi connectivity index (χ0) is 30.6. The van der Waals surface area contributed by atoms with E-state index in [1.54, 1.807) is 18.3 Å². The Bertz CT molecular complexity index is 1670. The van der Waals surface area contributed by atoms with Crippen LogP contribution in [0.2, 0.25) is 0 Å². The van der Waals surface area contributed by atoms with Crippen LogP contribution in [0.5, 0.6) is 0 Å². The van der Waals surface area contributed by atoms with E-state index in [0.29, 0.717) is 47.4 Å². The van der Waals surface area contributed by atoms with Gasteiger partial charge in [-0.2, -0.15) is 0 Å². The van der Waals surface area contributed by atoms with Gasteiger partial charge in [0.15, 0.2) is 0 Å². The zero-order valence-electron chi connectivity index (χ0n) is 25.8. The Hall–Kier alpha value is -3.94. The van der Waals surface area contributed by atoms with E-state index in [4.69, 9.17) is 0 Å². The van der Waals surface area contributed by atoms with Gasteiger partial charge >= 0.3 is 0 Å². The summed E-state index contributed by atoms with van der Waals surface area (Å²) in [6.07, 6.45) is 12.2. The Balaban J connectivity index is 0.981. The number of nitrogens with zero attached hydrogens (tertiary/aromatic N) is 3. The molecular formula is C36H42N4O4. The molecule has 4 saturated carbocycles. The quantitative estimate of drug-likeness (QED) is 0.243. The lowest BCUT2D eigenvalue weighted by molar-refractivity contribution is -0.0167. The number of unbranched alkanes of at least 4 members (excludes halogenated alkanes) is 3. The number of anilines is 1. The Kier molecular flexibility index (Phi) is 7.34. The lowest BCUT2D eigenvalue weighted by atomic mass is 9.53. The highest BCUT2D eigenvalue weighted by molar-refractivity contribution is 6.21. The molecule has 2 aromatic carbocycles. The van der Waals surface area contributed by atoms with Crippen molar-refractivity contribution < 1.29 is 14.4 Å². The van der Waals surface area contributed by atoms with Crippen LogP contribution in [0.15, 0.2) is 53.5 Å². The van der Waals surface area contributed by atoms with Gasteiger partial charge in [-0.25, -0.2) is 0 Å². The van der Waals surface area contributed by atoms with Crippen LogP contribution in [-0.2, 0) is 6.54 Å². The molecule has 0 atom stereocenters. The first-order chi connectivity index (χ1) is 21.2. The first-order valence-corrected chi connectivity index (χ1v) is 16.3. The predicted octanol–water partition coefficient (Wildman–Crippen LogP) is 5.62. The molecule has 1 N–H and O–H groups in total. The average Bonchev–Trinajstić information content (AvgIpc) is 3.23. The fourth-order valence-corrected chi connectivity index (χ4v) is 8.93. The van der Waals surface area contributed by atoms with Crippen molar-refractivity contribution in [3.05, 3.63) is 75.6 Å². The van der Waals surface area contributed by atoms with Gasteiger partial charge < -0.3 is 14.8 Å². The second-order valence-corrected chi connectivity index (χ2v) is 14.0. The van der Waals surface area contributed by atoms with E-state index in [9.17, 15) is 19.2 Å². The van der Waals surface area contributed by atoms with Crippen molar-refractivity contribution in [2.24, 2.45) is 17.8 Å². The molecule has 3 aromatic rings. The molecule has 0 saturated heterocycles. The third kappa shape index (κ3) is 5.12. The van der Waals surface area contributed by atoms with Gasteiger partial charge in [0.2, 0.25) is 5.43 Å². The topological polar surface area (TPSA) is 91.7 Å². The fourth-order valence-electron chi connectivity index (χ4n) is 8.93. The monoisotopic (exact) mass is 594 g/mol. The highest BCUT2D eigenvalue weighted by Crippen LogP contribution is 2.55. The summed E-state index contributed by atoms with van der Waals surface area (Å²) in [6.45, 7) is 1.08. The smallest absolute Gasteiger partial charge is 0.261 e. The molecule has 1 aromatic heterocycles. The van der Waals surface area contributed by atoms with E-state index in [-0.39, 0.29) is 34.3 Å². The number of benzene rings is 2. The predicted molar refractivity (Wildman–Crippen MR) is 171 cm³/mol. The molecule has 5 aliphatic rings.